The lowest BCUT2D eigenvalue weighted by molar-refractivity contribution is 0.0696. The average molecular weight is 327 g/mol. The van der Waals surface area contributed by atoms with Crippen LogP contribution in [0.1, 0.15) is 27.9 Å². The predicted molar refractivity (Wildman–Crippen MR) is 78.2 cm³/mol. The summed E-state index contributed by atoms with van der Waals surface area (Å²) in [6.07, 6.45) is 0.660. The zero-order chi connectivity index (χ0) is 15.6. The second kappa shape index (κ2) is 5.78. The zero-order valence-electron chi connectivity index (χ0n) is 11.3. The van der Waals surface area contributed by atoms with Crippen molar-refractivity contribution in [3.05, 3.63) is 34.3 Å². The first-order chi connectivity index (χ1) is 9.83. The summed E-state index contributed by atoms with van der Waals surface area (Å²) in [6, 6.07) is 3.93. The van der Waals surface area contributed by atoms with Gasteiger partial charge in [-0.05, 0) is 31.0 Å². The van der Waals surface area contributed by atoms with E-state index in [2.05, 4.69) is 14.9 Å². The van der Waals surface area contributed by atoms with E-state index in [-0.39, 0.29) is 15.6 Å². The molecule has 0 saturated heterocycles. The number of rotatable bonds is 5. The smallest absolute Gasteiger partial charge is 0.335 e. The third kappa shape index (κ3) is 3.37. The number of anilines is 1. The molecule has 0 radical (unpaired) electrons. The van der Waals surface area contributed by atoms with Crippen LogP contribution in [0.3, 0.4) is 0 Å². The van der Waals surface area contributed by atoms with Crippen LogP contribution < -0.4 is 4.72 Å². The Labute approximate surface area is 125 Å². The van der Waals surface area contributed by atoms with Gasteiger partial charge in [-0.25, -0.2) is 13.2 Å². The molecular weight excluding hydrogens is 314 g/mol. The van der Waals surface area contributed by atoms with Gasteiger partial charge in [-0.1, -0.05) is 24.3 Å². The van der Waals surface area contributed by atoms with Gasteiger partial charge in [0.1, 0.15) is 5.01 Å². The van der Waals surface area contributed by atoms with Gasteiger partial charge in [0.25, 0.3) is 10.0 Å². The molecule has 1 heterocycles. The van der Waals surface area contributed by atoms with Crippen molar-refractivity contribution in [1.82, 2.24) is 10.2 Å². The zero-order valence-corrected chi connectivity index (χ0v) is 13.0. The molecule has 1 aromatic heterocycles. The SMILES string of the molecule is CCc1nnc(NS(=O)(=O)c2ccc(C)c(C(=O)O)c2)s1. The molecule has 112 valence electrons. The summed E-state index contributed by atoms with van der Waals surface area (Å²) < 4.78 is 26.7. The van der Waals surface area contributed by atoms with Gasteiger partial charge in [-0.3, -0.25) is 4.72 Å². The molecule has 9 heteroatoms. The fraction of sp³-hybridized carbons (Fsp3) is 0.250. The highest BCUT2D eigenvalue weighted by molar-refractivity contribution is 7.93. The molecular formula is C12H13N3O4S2. The number of carboxylic acids is 1. The van der Waals surface area contributed by atoms with E-state index in [1.807, 2.05) is 6.92 Å². The Morgan fingerprint density at radius 1 is 1.38 bits per heavy atom. The number of hydrogen-bond acceptors (Lipinski definition) is 6. The van der Waals surface area contributed by atoms with Crippen molar-refractivity contribution >= 4 is 32.5 Å². The number of sulfonamides is 1. The molecule has 1 aromatic carbocycles. The van der Waals surface area contributed by atoms with Crippen molar-refractivity contribution in [2.45, 2.75) is 25.2 Å². The van der Waals surface area contributed by atoms with E-state index in [9.17, 15) is 13.2 Å². The quantitative estimate of drug-likeness (QED) is 0.868. The van der Waals surface area contributed by atoms with Gasteiger partial charge < -0.3 is 5.11 Å². The maximum atomic E-state index is 12.2. The minimum atomic E-state index is -3.89. The molecule has 0 spiro atoms. The second-order valence-electron chi connectivity index (χ2n) is 4.24. The molecule has 2 N–H and O–H groups in total. The van der Waals surface area contributed by atoms with Crippen LogP contribution >= 0.6 is 11.3 Å². The lowest BCUT2D eigenvalue weighted by atomic mass is 10.1. The number of carbonyl (C=O) groups is 1. The number of aromatic nitrogens is 2. The number of nitrogens with zero attached hydrogens (tertiary/aromatic N) is 2. The monoisotopic (exact) mass is 327 g/mol. The summed E-state index contributed by atoms with van der Waals surface area (Å²) in [5.41, 5.74) is 0.440. The number of nitrogens with one attached hydrogen (secondary N) is 1. The highest BCUT2D eigenvalue weighted by Gasteiger charge is 2.19. The molecule has 0 fully saturated rings. The van der Waals surface area contributed by atoms with Crippen LogP contribution in [-0.2, 0) is 16.4 Å². The minimum Gasteiger partial charge on any atom is -0.478 e. The van der Waals surface area contributed by atoms with Crippen molar-refractivity contribution in [2.24, 2.45) is 0 Å². The van der Waals surface area contributed by atoms with Crippen molar-refractivity contribution < 1.29 is 18.3 Å². The van der Waals surface area contributed by atoms with Gasteiger partial charge in [-0.2, -0.15) is 0 Å². The average Bonchev–Trinajstić information content (AvgIpc) is 2.85. The summed E-state index contributed by atoms with van der Waals surface area (Å²) in [6.45, 7) is 3.49. The second-order valence-corrected chi connectivity index (χ2v) is 6.99. The first-order valence-electron chi connectivity index (χ1n) is 6.02. The Morgan fingerprint density at radius 2 is 2.10 bits per heavy atom. The van der Waals surface area contributed by atoms with Crippen LogP contribution in [0.15, 0.2) is 23.1 Å². The normalized spacial score (nSPS) is 11.3. The van der Waals surface area contributed by atoms with E-state index in [4.69, 9.17) is 5.11 Å². The minimum absolute atomic E-state index is 0.0515. The summed E-state index contributed by atoms with van der Waals surface area (Å²) in [5, 5.41) is 17.5. The first-order valence-corrected chi connectivity index (χ1v) is 8.32. The Balaban J connectivity index is 2.35. The Kier molecular flexibility index (Phi) is 4.24. The van der Waals surface area contributed by atoms with E-state index >= 15 is 0 Å². The largest absolute Gasteiger partial charge is 0.478 e. The molecule has 0 atom stereocenters. The molecule has 0 aliphatic rings. The topological polar surface area (TPSA) is 109 Å². The number of carboxylic acid groups (broad SMARTS) is 1. The third-order valence-electron chi connectivity index (χ3n) is 2.74. The standard InChI is InChI=1S/C12H13N3O4S2/c1-3-10-13-14-12(20-10)15-21(18,19)8-5-4-7(2)9(6-8)11(16)17/h4-6H,3H2,1-2H3,(H,14,15)(H,16,17). The van der Waals surface area contributed by atoms with Gasteiger partial charge >= 0.3 is 5.97 Å². The van der Waals surface area contributed by atoms with E-state index in [0.29, 0.717) is 17.0 Å². The van der Waals surface area contributed by atoms with E-state index in [1.54, 1.807) is 6.92 Å². The maximum absolute atomic E-state index is 12.2. The van der Waals surface area contributed by atoms with Crippen LogP contribution in [0.25, 0.3) is 0 Å². The molecule has 0 bridgehead atoms. The fourth-order valence-corrected chi connectivity index (χ4v) is 3.55. The molecule has 2 rings (SSSR count). The van der Waals surface area contributed by atoms with Gasteiger partial charge in [0.05, 0.1) is 10.5 Å². The molecule has 0 unspecified atom stereocenters. The van der Waals surface area contributed by atoms with Crippen molar-refractivity contribution in [1.29, 1.82) is 0 Å². The van der Waals surface area contributed by atoms with Crippen molar-refractivity contribution in [3.63, 3.8) is 0 Å². The van der Waals surface area contributed by atoms with Crippen LogP contribution in [0.4, 0.5) is 5.13 Å². The molecule has 0 aliphatic carbocycles. The lowest BCUT2D eigenvalue weighted by Crippen LogP contribution is -2.14. The highest BCUT2D eigenvalue weighted by atomic mass is 32.2. The fourth-order valence-electron chi connectivity index (χ4n) is 1.61. The Bertz CT molecular complexity index is 784. The number of aromatic carboxylic acids is 1. The van der Waals surface area contributed by atoms with Crippen molar-refractivity contribution in [3.8, 4) is 0 Å². The van der Waals surface area contributed by atoms with Gasteiger partial charge in [0.15, 0.2) is 0 Å². The number of benzene rings is 1. The maximum Gasteiger partial charge on any atom is 0.335 e. The summed E-state index contributed by atoms with van der Waals surface area (Å²) in [5.74, 6) is -1.17. The number of aryl methyl sites for hydroxylation is 2. The summed E-state index contributed by atoms with van der Waals surface area (Å²) >= 11 is 1.14. The van der Waals surface area contributed by atoms with Crippen molar-refractivity contribution in [2.75, 3.05) is 4.72 Å². The molecule has 7 nitrogen and oxygen atoms in total. The van der Waals surface area contributed by atoms with Crippen LogP contribution in [0.2, 0.25) is 0 Å². The van der Waals surface area contributed by atoms with Crippen LogP contribution in [0.5, 0.6) is 0 Å². The first kappa shape index (κ1) is 15.4. The summed E-state index contributed by atoms with van der Waals surface area (Å²) in [4.78, 5) is 10.9. The van der Waals surface area contributed by atoms with Crippen LogP contribution in [0, 0.1) is 6.92 Å². The summed E-state index contributed by atoms with van der Waals surface area (Å²) in [7, 11) is -3.89. The molecule has 2 aromatic rings. The van der Waals surface area contributed by atoms with Crippen LogP contribution in [-0.4, -0.2) is 29.7 Å². The Hall–Kier alpha value is -2.00. The highest BCUT2D eigenvalue weighted by Crippen LogP contribution is 2.22. The predicted octanol–water partition coefficient (Wildman–Crippen LogP) is 1.91. The van der Waals surface area contributed by atoms with Gasteiger partial charge in [0.2, 0.25) is 5.13 Å². The lowest BCUT2D eigenvalue weighted by Gasteiger charge is -2.07. The molecule has 0 amide bonds. The van der Waals surface area contributed by atoms with E-state index < -0.39 is 16.0 Å². The van der Waals surface area contributed by atoms with E-state index in [0.717, 1.165) is 17.4 Å². The molecule has 0 aliphatic heterocycles. The van der Waals surface area contributed by atoms with E-state index in [1.165, 1.54) is 12.1 Å². The molecule has 0 saturated carbocycles. The van der Waals surface area contributed by atoms with Gasteiger partial charge in [0, 0.05) is 0 Å². The van der Waals surface area contributed by atoms with Gasteiger partial charge in [-0.15, -0.1) is 10.2 Å². The third-order valence-corrected chi connectivity index (χ3v) is 5.19. The Morgan fingerprint density at radius 3 is 2.67 bits per heavy atom. The number of hydrogen-bond donors (Lipinski definition) is 2. The molecule has 21 heavy (non-hydrogen) atoms.